The predicted molar refractivity (Wildman–Crippen MR) is 76.4 cm³/mol. The fourth-order valence-corrected chi connectivity index (χ4v) is 3.20. The van der Waals surface area contributed by atoms with Gasteiger partial charge in [-0.1, -0.05) is 13.3 Å². The van der Waals surface area contributed by atoms with Crippen molar-refractivity contribution in [3.05, 3.63) is 0 Å². The van der Waals surface area contributed by atoms with E-state index >= 15 is 0 Å². The molecule has 114 valence electrons. The Morgan fingerprint density at radius 2 is 2.00 bits per heavy atom. The third-order valence-electron chi connectivity index (χ3n) is 4.58. The number of carboxylic acid groups (broad SMARTS) is 1. The van der Waals surface area contributed by atoms with Gasteiger partial charge in [-0.3, -0.25) is 9.59 Å². The molecule has 2 unspecified atom stereocenters. The van der Waals surface area contributed by atoms with Gasteiger partial charge in [-0.05, 0) is 37.6 Å². The predicted octanol–water partition coefficient (Wildman–Crippen LogP) is 1.48. The lowest BCUT2D eigenvalue weighted by molar-refractivity contribution is -0.141. The van der Waals surface area contributed by atoms with Crippen molar-refractivity contribution in [3.63, 3.8) is 0 Å². The second-order valence-electron chi connectivity index (χ2n) is 6.25. The summed E-state index contributed by atoms with van der Waals surface area (Å²) < 4.78 is 0. The van der Waals surface area contributed by atoms with Crippen molar-refractivity contribution in [1.82, 2.24) is 10.2 Å². The highest BCUT2D eigenvalue weighted by Gasteiger charge is 2.31. The molecule has 20 heavy (non-hydrogen) atoms. The number of hydrogen-bond acceptors (Lipinski definition) is 3. The summed E-state index contributed by atoms with van der Waals surface area (Å²) in [6.45, 7) is 4.20. The van der Waals surface area contributed by atoms with Crippen molar-refractivity contribution in [1.29, 1.82) is 0 Å². The van der Waals surface area contributed by atoms with Crippen LogP contribution in [0.3, 0.4) is 0 Å². The largest absolute Gasteiger partial charge is 0.481 e. The van der Waals surface area contributed by atoms with Gasteiger partial charge in [0.15, 0.2) is 0 Å². The zero-order valence-electron chi connectivity index (χ0n) is 12.3. The van der Waals surface area contributed by atoms with Crippen LogP contribution in [0.1, 0.15) is 45.4 Å². The molecule has 2 aliphatic rings. The molecule has 1 heterocycles. The SMILES string of the molecule is CCC(=O)N1CC(CC(=O)O)CC(NCC2CCC2)C1. The lowest BCUT2D eigenvalue weighted by Crippen LogP contribution is -2.52. The van der Waals surface area contributed by atoms with Crippen molar-refractivity contribution in [3.8, 4) is 0 Å². The molecule has 0 bridgehead atoms. The van der Waals surface area contributed by atoms with Crippen LogP contribution in [0.4, 0.5) is 0 Å². The molecule has 1 amide bonds. The second-order valence-corrected chi connectivity index (χ2v) is 6.25. The molecule has 1 aliphatic carbocycles. The molecule has 0 radical (unpaired) electrons. The van der Waals surface area contributed by atoms with Gasteiger partial charge in [0, 0.05) is 32.0 Å². The van der Waals surface area contributed by atoms with Gasteiger partial charge < -0.3 is 15.3 Å². The van der Waals surface area contributed by atoms with Crippen molar-refractivity contribution in [2.24, 2.45) is 11.8 Å². The number of carboxylic acids is 1. The standard InChI is InChI=1S/C15H26N2O3/c1-2-14(18)17-9-12(7-15(19)20)6-13(10-17)16-8-11-4-3-5-11/h11-13,16H,2-10H2,1H3,(H,19,20). The maximum Gasteiger partial charge on any atom is 0.303 e. The van der Waals surface area contributed by atoms with Crippen LogP contribution in [-0.2, 0) is 9.59 Å². The summed E-state index contributed by atoms with van der Waals surface area (Å²) >= 11 is 0. The first-order valence-corrected chi connectivity index (χ1v) is 7.81. The molecule has 1 saturated heterocycles. The third kappa shape index (κ3) is 4.20. The van der Waals surface area contributed by atoms with Gasteiger partial charge in [0.05, 0.1) is 0 Å². The minimum Gasteiger partial charge on any atom is -0.481 e. The molecular weight excluding hydrogens is 256 g/mol. The summed E-state index contributed by atoms with van der Waals surface area (Å²) in [6, 6.07) is 0.254. The Hall–Kier alpha value is -1.10. The number of likely N-dealkylation sites (tertiary alicyclic amines) is 1. The van der Waals surface area contributed by atoms with Crippen LogP contribution >= 0.6 is 0 Å². The maximum atomic E-state index is 11.9. The van der Waals surface area contributed by atoms with E-state index in [0.717, 1.165) is 25.4 Å². The van der Waals surface area contributed by atoms with Crippen LogP contribution < -0.4 is 5.32 Å². The van der Waals surface area contributed by atoms with Gasteiger partial charge in [0.1, 0.15) is 0 Å². The Labute approximate surface area is 120 Å². The van der Waals surface area contributed by atoms with Crippen LogP contribution in [0.5, 0.6) is 0 Å². The number of carbonyl (C=O) groups is 2. The van der Waals surface area contributed by atoms with Gasteiger partial charge in [-0.25, -0.2) is 0 Å². The molecule has 5 heteroatoms. The Morgan fingerprint density at radius 3 is 2.55 bits per heavy atom. The molecule has 2 fully saturated rings. The maximum absolute atomic E-state index is 11.9. The van der Waals surface area contributed by atoms with Gasteiger partial charge in [0.25, 0.3) is 0 Å². The Balaban J connectivity index is 1.87. The van der Waals surface area contributed by atoms with Crippen LogP contribution in [-0.4, -0.2) is 47.6 Å². The quantitative estimate of drug-likeness (QED) is 0.774. The van der Waals surface area contributed by atoms with Crippen molar-refractivity contribution < 1.29 is 14.7 Å². The van der Waals surface area contributed by atoms with Gasteiger partial charge in [-0.15, -0.1) is 0 Å². The topological polar surface area (TPSA) is 69.6 Å². The van der Waals surface area contributed by atoms with Crippen LogP contribution in [0.25, 0.3) is 0 Å². The van der Waals surface area contributed by atoms with E-state index in [1.165, 1.54) is 19.3 Å². The average Bonchev–Trinajstić information content (AvgIpc) is 2.35. The molecular formula is C15H26N2O3. The van der Waals surface area contributed by atoms with Crippen molar-refractivity contribution in [2.45, 2.75) is 51.5 Å². The van der Waals surface area contributed by atoms with E-state index in [-0.39, 0.29) is 24.3 Å². The summed E-state index contributed by atoms with van der Waals surface area (Å²) in [7, 11) is 0. The van der Waals surface area contributed by atoms with Gasteiger partial charge >= 0.3 is 5.97 Å². The number of aliphatic carboxylic acids is 1. The number of amides is 1. The monoisotopic (exact) mass is 282 g/mol. The summed E-state index contributed by atoms with van der Waals surface area (Å²) in [5.74, 6) is 0.231. The number of rotatable bonds is 6. The first-order valence-electron chi connectivity index (χ1n) is 7.81. The first-order chi connectivity index (χ1) is 9.58. The number of piperidine rings is 1. The summed E-state index contributed by atoms with van der Waals surface area (Å²) in [5.41, 5.74) is 0. The second kappa shape index (κ2) is 7.07. The number of carbonyl (C=O) groups excluding carboxylic acids is 1. The molecule has 0 aromatic carbocycles. The highest BCUT2D eigenvalue weighted by molar-refractivity contribution is 5.76. The lowest BCUT2D eigenvalue weighted by Gasteiger charge is -2.39. The van der Waals surface area contributed by atoms with Crippen molar-refractivity contribution in [2.75, 3.05) is 19.6 Å². The van der Waals surface area contributed by atoms with E-state index in [4.69, 9.17) is 5.11 Å². The molecule has 0 aromatic heterocycles. The minimum atomic E-state index is -0.765. The zero-order chi connectivity index (χ0) is 14.5. The minimum absolute atomic E-state index is 0.0793. The zero-order valence-corrected chi connectivity index (χ0v) is 12.3. The van der Waals surface area contributed by atoms with E-state index in [9.17, 15) is 9.59 Å². The van der Waals surface area contributed by atoms with Gasteiger partial charge in [-0.2, -0.15) is 0 Å². The Kier molecular flexibility index (Phi) is 5.40. The fourth-order valence-electron chi connectivity index (χ4n) is 3.20. The summed E-state index contributed by atoms with van der Waals surface area (Å²) in [6.07, 6.45) is 5.46. The number of nitrogens with one attached hydrogen (secondary N) is 1. The Morgan fingerprint density at radius 1 is 1.25 bits per heavy atom. The molecule has 1 aliphatic heterocycles. The highest BCUT2D eigenvalue weighted by atomic mass is 16.4. The molecule has 0 aromatic rings. The molecule has 0 spiro atoms. The average molecular weight is 282 g/mol. The fraction of sp³-hybridized carbons (Fsp3) is 0.867. The van der Waals surface area contributed by atoms with Crippen LogP contribution in [0, 0.1) is 11.8 Å². The Bertz CT molecular complexity index is 355. The summed E-state index contributed by atoms with van der Waals surface area (Å²) in [4.78, 5) is 24.7. The van der Waals surface area contributed by atoms with E-state index in [1.54, 1.807) is 0 Å². The molecule has 2 N–H and O–H groups in total. The van der Waals surface area contributed by atoms with Crippen LogP contribution in [0.15, 0.2) is 0 Å². The third-order valence-corrected chi connectivity index (χ3v) is 4.58. The highest BCUT2D eigenvalue weighted by Crippen LogP contribution is 2.26. The smallest absolute Gasteiger partial charge is 0.303 e. The normalized spacial score (nSPS) is 27.1. The number of nitrogens with zero attached hydrogens (tertiary/aromatic N) is 1. The molecule has 2 atom stereocenters. The van der Waals surface area contributed by atoms with E-state index in [0.29, 0.717) is 13.0 Å². The summed E-state index contributed by atoms with van der Waals surface area (Å²) in [5, 5.41) is 12.5. The molecule has 2 rings (SSSR count). The van der Waals surface area contributed by atoms with Crippen molar-refractivity contribution >= 4 is 11.9 Å². The molecule has 5 nitrogen and oxygen atoms in total. The first kappa shape index (κ1) is 15.3. The lowest BCUT2D eigenvalue weighted by atomic mass is 9.84. The van der Waals surface area contributed by atoms with Gasteiger partial charge in [0.2, 0.25) is 5.91 Å². The number of hydrogen-bond donors (Lipinski definition) is 2. The van der Waals surface area contributed by atoms with E-state index in [1.807, 2.05) is 11.8 Å². The van der Waals surface area contributed by atoms with Crippen LogP contribution in [0.2, 0.25) is 0 Å². The van der Waals surface area contributed by atoms with E-state index < -0.39 is 5.97 Å². The van der Waals surface area contributed by atoms with E-state index in [2.05, 4.69) is 5.32 Å². The molecule has 1 saturated carbocycles.